The van der Waals surface area contributed by atoms with E-state index in [-0.39, 0.29) is 11.7 Å². The normalized spacial score (nSPS) is 10.6. The van der Waals surface area contributed by atoms with E-state index in [2.05, 4.69) is 5.32 Å². The maximum Gasteiger partial charge on any atom is 0.161 e. The maximum absolute atomic E-state index is 12.9. The molecule has 0 saturated heterocycles. The van der Waals surface area contributed by atoms with Crippen molar-refractivity contribution in [3.8, 4) is 0 Å². The largest absolute Gasteiger partial charge is 0.380 e. The zero-order valence-corrected chi connectivity index (χ0v) is 7.37. The fraction of sp³-hybridized carbons (Fsp3) is 0.333. The SMILES string of the molecule is CC(C)Nc1cc(F)c(F)cc1F. The van der Waals surface area contributed by atoms with Gasteiger partial charge in [-0.15, -0.1) is 0 Å². The second-order valence-electron chi connectivity index (χ2n) is 3.05. The third-order valence-corrected chi connectivity index (χ3v) is 1.45. The summed E-state index contributed by atoms with van der Waals surface area (Å²) < 4.78 is 38.0. The van der Waals surface area contributed by atoms with Crippen molar-refractivity contribution >= 4 is 5.69 Å². The van der Waals surface area contributed by atoms with E-state index in [1.807, 2.05) is 0 Å². The summed E-state index contributed by atoms with van der Waals surface area (Å²) in [5.74, 6) is -3.01. The molecule has 13 heavy (non-hydrogen) atoms. The van der Waals surface area contributed by atoms with Crippen molar-refractivity contribution in [2.75, 3.05) is 5.32 Å². The lowest BCUT2D eigenvalue weighted by molar-refractivity contribution is 0.495. The molecule has 0 amide bonds. The Bertz CT molecular complexity index is 310. The van der Waals surface area contributed by atoms with Gasteiger partial charge >= 0.3 is 0 Å². The first kappa shape index (κ1) is 9.89. The van der Waals surface area contributed by atoms with E-state index in [1.54, 1.807) is 13.8 Å². The van der Waals surface area contributed by atoms with Crippen molar-refractivity contribution < 1.29 is 13.2 Å². The minimum Gasteiger partial charge on any atom is -0.380 e. The molecule has 4 heteroatoms. The van der Waals surface area contributed by atoms with E-state index in [1.165, 1.54) is 0 Å². The quantitative estimate of drug-likeness (QED) is 0.705. The lowest BCUT2D eigenvalue weighted by atomic mass is 10.2. The van der Waals surface area contributed by atoms with Crippen molar-refractivity contribution in [2.45, 2.75) is 19.9 Å². The van der Waals surface area contributed by atoms with Crippen LogP contribution in [0.5, 0.6) is 0 Å². The fourth-order valence-corrected chi connectivity index (χ4v) is 0.944. The van der Waals surface area contributed by atoms with Gasteiger partial charge in [-0.3, -0.25) is 0 Å². The molecule has 0 unspecified atom stereocenters. The standard InChI is InChI=1S/C9H10F3N/c1-5(2)13-9-4-7(11)6(10)3-8(9)12/h3-5,13H,1-2H3. The number of halogens is 3. The molecule has 1 N–H and O–H groups in total. The summed E-state index contributed by atoms with van der Waals surface area (Å²) in [4.78, 5) is 0. The highest BCUT2D eigenvalue weighted by atomic mass is 19.2. The van der Waals surface area contributed by atoms with Crippen molar-refractivity contribution in [1.82, 2.24) is 0 Å². The Kier molecular flexibility index (Phi) is 2.80. The van der Waals surface area contributed by atoms with Gasteiger partial charge in [0, 0.05) is 18.2 Å². The first-order valence-electron chi connectivity index (χ1n) is 3.92. The molecule has 72 valence electrons. The molecule has 0 heterocycles. The van der Waals surface area contributed by atoms with Crippen LogP contribution in [0.2, 0.25) is 0 Å². The number of rotatable bonds is 2. The summed E-state index contributed by atoms with van der Waals surface area (Å²) in [7, 11) is 0. The Hall–Kier alpha value is -1.19. The van der Waals surface area contributed by atoms with Gasteiger partial charge in [0.2, 0.25) is 0 Å². The average Bonchev–Trinajstić information content (AvgIpc) is 1.99. The van der Waals surface area contributed by atoms with Gasteiger partial charge in [0.25, 0.3) is 0 Å². The fourth-order valence-electron chi connectivity index (χ4n) is 0.944. The van der Waals surface area contributed by atoms with Crippen LogP contribution in [0.3, 0.4) is 0 Å². The Morgan fingerprint density at radius 3 is 2.08 bits per heavy atom. The monoisotopic (exact) mass is 189 g/mol. The molecule has 1 rings (SSSR count). The molecule has 0 aliphatic rings. The molecule has 0 atom stereocenters. The lowest BCUT2D eigenvalue weighted by Crippen LogP contribution is -2.11. The molecule has 1 aromatic carbocycles. The minimum absolute atomic E-state index is 0.0195. The highest BCUT2D eigenvalue weighted by molar-refractivity contribution is 5.45. The second kappa shape index (κ2) is 3.68. The number of benzene rings is 1. The molecule has 1 aromatic rings. The maximum atomic E-state index is 12.9. The van der Waals surface area contributed by atoms with Crippen LogP contribution in [0.25, 0.3) is 0 Å². The van der Waals surface area contributed by atoms with E-state index in [4.69, 9.17) is 0 Å². The molecular weight excluding hydrogens is 179 g/mol. The summed E-state index contributed by atoms with van der Waals surface area (Å²) in [6.45, 7) is 3.56. The molecule has 0 bridgehead atoms. The molecule has 0 fully saturated rings. The molecule has 0 aromatic heterocycles. The molecule has 0 spiro atoms. The Morgan fingerprint density at radius 2 is 1.54 bits per heavy atom. The second-order valence-corrected chi connectivity index (χ2v) is 3.05. The highest BCUT2D eigenvalue weighted by Gasteiger charge is 2.09. The van der Waals surface area contributed by atoms with E-state index in [0.717, 1.165) is 6.07 Å². The molecular formula is C9H10F3N. The van der Waals surface area contributed by atoms with Gasteiger partial charge in [0.15, 0.2) is 11.6 Å². The third kappa shape index (κ3) is 2.37. The Balaban J connectivity index is 3.01. The van der Waals surface area contributed by atoms with Crippen LogP contribution in [0, 0.1) is 17.5 Å². The molecule has 0 saturated carbocycles. The van der Waals surface area contributed by atoms with Crippen LogP contribution in [-0.4, -0.2) is 6.04 Å². The van der Waals surface area contributed by atoms with Crippen molar-refractivity contribution in [3.05, 3.63) is 29.6 Å². The van der Waals surface area contributed by atoms with Gasteiger partial charge in [-0.1, -0.05) is 0 Å². The zero-order valence-electron chi connectivity index (χ0n) is 7.37. The average molecular weight is 189 g/mol. The summed E-state index contributed by atoms with van der Waals surface area (Å²) in [5, 5.41) is 2.66. The minimum atomic E-state index is -1.17. The summed E-state index contributed by atoms with van der Waals surface area (Å²) >= 11 is 0. The Morgan fingerprint density at radius 1 is 1.00 bits per heavy atom. The van der Waals surface area contributed by atoms with Crippen molar-refractivity contribution in [3.63, 3.8) is 0 Å². The van der Waals surface area contributed by atoms with E-state index >= 15 is 0 Å². The van der Waals surface area contributed by atoms with Gasteiger partial charge in [-0.2, -0.15) is 0 Å². The topological polar surface area (TPSA) is 12.0 Å². The summed E-state index contributed by atoms with van der Waals surface area (Å²) in [6, 6.07) is 1.31. The number of hydrogen-bond acceptors (Lipinski definition) is 1. The van der Waals surface area contributed by atoms with Gasteiger partial charge < -0.3 is 5.32 Å². The third-order valence-electron chi connectivity index (χ3n) is 1.45. The molecule has 1 nitrogen and oxygen atoms in total. The number of nitrogens with one attached hydrogen (secondary N) is 1. The van der Waals surface area contributed by atoms with E-state index in [0.29, 0.717) is 6.07 Å². The highest BCUT2D eigenvalue weighted by Crippen LogP contribution is 2.18. The van der Waals surface area contributed by atoms with Gasteiger partial charge in [-0.25, -0.2) is 13.2 Å². The van der Waals surface area contributed by atoms with Crippen molar-refractivity contribution in [2.24, 2.45) is 0 Å². The van der Waals surface area contributed by atoms with Crippen molar-refractivity contribution in [1.29, 1.82) is 0 Å². The van der Waals surface area contributed by atoms with Crippen LogP contribution in [0.15, 0.2) is 12.1 Å². The smallest absolute Gasteiger partial charge is 0.161 e. The van der Waals surface area contributed by atoms with Gasteiger partial charge in [0.05, 0.1) is 5.69 Å². The van der Waals surface area contributed by atoms with Crippen LogP contribution in [0.4, 0.5) is 18.9 Å². The predicted molar refractivity (Wildman–Crippen MR) is 45.1 cm³/mol. The van der Waals surface area contributed by atoms with Gasteiger partial charge in [0.1, 0.15) is 5.82 Å². The zero-order chi connectivity index (χ0) is 10.0. The number of anilines is 1. The van der Waals surface area contributed by atoms with Crippen LogP contribution < -0.4 is 5.32 Å². The van der Waals surface area contributed by atoms with Crippen LogP contribution in [0.1, 0.15) is 13.8 Å². The van der Waals surface area contributed by atoms with Gasteiger partial charge in [-0.05, 0) is 13.8 Å². The first-order chi connectivity index (χ1) is 6.00. The number of hydrogen-bond donors (Lipinski definition) is 1. The summed E-state index contributed by atoms with van der Waals surface area (Å²) in [6.07, 6.45) is 0. The molecule has 0 radical (unpaired) electrons. The van der Waals surface area contributed by atoms with E-state index < -0.39 is 17.5 Å². The van der Waals surface area contributed by atoms with Crippen LogP contribution >= 0.6 is 0 Å². The Labute approximate surface area is 74.6 Å². The predicted octanol–water partition coefficient (Wildman–Crippen LogP) is 2.92. The first-order valence-corrected chi connectivity index (χ1v) is 3.92. The summed E-state index contributed by atoms with van der Waals surface area (Å²) in [5.41, 5.74) is -0.0195. The van der Waals surface area contributed by atoms with E-state index in [9.17, 15) is 13.2 Å². The lowest BCUT2D eigenvalue weighted by Gasteiger charge is -2.10. The molecule has 0 aliphatic heterocycles. The molecule has 0 aliphatic carbocycles. The van der Waals surface area contributed by atoms with Crippen LogP contribution in [-0.2, 0) is 0 Å².